The van der Waals surface area contributed by atoms with Crippen molar-refractivity contribution in [3.63, 3.8) is 0 Å². The molecule has 1 fully saturated rings. The monoisotopic (exact) mass is 559 g/mol. The average molecular weight is 560 g/mol. The molecule has 1 aromatic carbocycles. The Kier molecular flexibility index (Phi) is 8.73. The van der Waals surface area contributed by atoms with Gasteiger partial charge in [0.2, 0.25) is 5.91 Å². The van der Waals surface area contributed by atoms with Gasteiger partial charge < -0.3 is 19.7 Å². The van der Waals surface area contributed by atoms with Crippen LogP contribution in [0.5, 0.6) is 0 Å². The van der Waals surface area contributed by atoms with E-state index < -0.39 is 11.5 Å². The third-order valence-corrected chi connectivity index (χ3v) is 8.89. The van der Waals surface area contributed by atoms with E-state index in [1.807, 2.05) is 42.2 Å². The molecule has 1 saturated heterocycles. The number of ether oxygens (including phenoxy) is 1. The first-order valence-electron chi connectivity index (χ1n) is 14.7. The van der Waals surface area contributed by atoms with Gasteiger partial charge >= 0.3 is 6.09 Å². The van der Waals surface area contributed by atoms with Crippen LogP contribution < -0.4 is 10.6 Å². The normalized spacial score (nSPS) is 25.5. The fourth-order valence-corrected chi connectivity index (χ4v) is 6.42. The van der Waals surface area contributed by atoms with E-state index >= 15 is 0 Å². The highest BCUT2D eigenvalue weighted by molar-refractivity contribution is 5.90. The zero-order valence-electron chi connectivity index (χ0n) is 24.3. The summed E-state index contributed by atoms with van der Waals surface area (Å²) in [7, 11) is 3.48. The Balaban J connectivity index is 1.50. The van der Waals surface area contributed by atoms with Crippen molar-refractivity contribution in [1.82, 2.24) is 14.8 Å². The highest BCUT2D eigenvalue weighted by Gasteiger charge is 2.33. The van der Waals surface area contributed by atoms with Gasteiger partial charge in [0.05, 0.1) is 18.8 Å². The van der Waals surface area contributed by atoms with Crippen LogP contribution in [0.15, 0.2) is 48.2 Å². The molecule has 2 bridgehead atoms. The molecule has 3 unspecified atom stereocenters. The summed E-state index contributed by atoms with van der Waals surface area (Å²) in [6.45, 7) is 4.14. The van der Waals surface area contributed by atoms with Crippen molar-refractivity contribution in [2.45, 2.75) is 64.0 Å². The van der Waals surface area contributed by atoms with Crippen LogP contribution in [0.3, 0.4) is 0 Å². The van der Waals surface area contributed by atoms with Crippen molar-refractivity contribution in [1.29, 1.82) is 0 Å². The van der Waals surface area contributed by atoms with E-state index in [9.17, 15) is 14.4 Å². The van der Waals surface area contributed by atoms with Gasteiger partial charge in [-0.2, -0.15) is 0 Å². The van der Waals surface area contributed by atoms with Crippen LogP contribution in [0.25, 0.3) is 11.1 Å². The van der Waals surface area contributed by atoms with E-state index in [-0.39, 0.29) is 11.9 Å². The number of benzene rings is 1. The Morgan fingerprint density at radius 2 is 1.98 bits per heavy atom. The minimum absolute atomic E-state index is 0.0493. The minimum atomic E-state index is -0.599. The number of likely N-dealkylation sites (tertiary alicyclic amines) is 1. The van der Waals surface area contributed by atoms with E-state index in [2.05, 4.69) is 28.6 Å². The first-order valence-corrected chi connectivity index (χ1v) is 14.7. The number of carbonyl (C=O) groups is 3. The SMILES string of the molecule is COC(=O)Nc1ccc2c(c1)NCC(C)(C=O)CCCC(N1CCC(C3CCCCN3C)=CC1=O)c1cc-2ccn1. The molecule has 2 N–H and O–H groups in total. The molecule has 41 heavy (non-hydrogen) atoms. The van der Waals surface area contributed by atoms with Gasteiger partial charge in [0.25, 0.3) is 0 Å². The number of nitrogens with zero attached hydrogens (tertiary/aromatic N) is 3. The summed E-state index contributed by atoms with van der Waals surface area (Å²) >= 11 is 0. The lowest BCUT2D eigenvalue weighted by Gasteiger charge is -2.39. The lowest BCUT2D eigenvalue weighted by atomic mass is 9.84. The molecule has 1 aromatic heterocycles. The molecule has 3 atom stereocenters. The molecular weight excluding hydrogens is 518 g/mol. The predicted molar refractivity (Wildman–Crippen MR) is 160 cm³/mol. The van der Waals surface area contributed by atoms with E-state index in [1.54, 1.807) is 6.20 Å². The number of aromatic nitrogens is 1. The molecular formula is C32H41N5O4. The number of nitrogens with one attached hydrogen (secondary N) is 2. The Hall–Kier alpha value is -3.72. The highest BCUT2D eigenvalue weighted by Crippen LogP contribution is 2.38. The summed E-state index contributed by atoms with van der Waals surface area (Å²) in [6.07, 6.45) is 10.7. The van der Waals surface area contributed by atoms with Crippen LogP contribution in [-0.2, 0) is 14.3 Å². The number of aldehydes is 1. The quantitative estimate of drug-likeness (QED) is 0.483. The Labute approximate surface area is 242 Å². The molecule has 9 nitrogen and oxygen atoms in total. The van der Waals surface area contributed by atoms with Gasteiger partial charge in [-0.15, -0.1) is 0 Å². The van der Waals surface area contributed by atoms with Gasteiger partial charge in [0.15, 0.2) is 0 Å². The number of piperidine rings is 1. The maximum atomic E-state index is 13.6. The van der Waals surface area contributed by atoms with Gasteiger partial charge in [-0.1, -0.05) is 19.4 Å². The molecule has 5 rings (SSSR count). The number of methoxy groups -OCH3 is 1. The van der Waals surface area contributed by atoms with Gasteiger partial charge in [0.1, 0.15) is 6.29 Å². The standard InChI is InChI=1S/C32H41N5O4/c1-32(21-38)13-6-8-29(37-16-12-23(18-30(37)39)28-7-4-5-15-36(28)2)27-17-22(11-14-33-27)25-10-9-24(35-31(40)41-3)19-26(25)34-20-32/h9-11,14,17-19,21,28-29,34H,4-8,12-13,15-16,20H2,1-3H3,(H,35,40). The van der Waals surface area contributed by atoms with Crippen molar-refractivity contribution < 1.29 is 19.1 Å². The topological polar surface area (TPSA) is 104 Å². The fraction of sp³-hybridized carbons (Fsp3) is 0.500. The molecule has 0 saturated carbocycles. The number of hydrogen-bond acceptors (Lipinski definition) is 7. The molecule has 0 spiro atoms. The molecule has 9 heteroatoms. The molecule has 218 valence electrons. The maximum Gasteiger partial charge on any atom is 0.411 e. The van der Waals surface area contributed by atoms with Crippen LogP contribution in [-0.4, -0.2) is 72.9 Å². The summed E-state index contributed by atoms with van der Waals surface area (Å²) in [6, 6.07) is 9.80. The zero-order chi connectivity index (χ0) is 29.0. The molecule has 0 radical (unpaired) electrons. The third-order valence-electron chi connectivity index (χ3n) is 8.89. The fourth-order valence-electron chi connectivity index (χ4n) is 6.42. The number of anilines is 2. The van der Waals surface area contributed by atoms with Gasteiger partial charge in [0, 0.05) is 53.8 Å². The second kappa shape index (κ2) is 12.4. The zero-order valence-corrected chi connectivity index (χ0v) is 24.3. The molecule has 2 amide bonds. The van der Waals surface area contributed by atoms with E-state index in [1.165, 1.54) is 25.5 Å². The lowest BCUT2D eigenvalue weighted by molar-refractivity contribution is -0.129. The van der Waals surface area contributed by atoms with Crippen LogP contribution >= 0.6 is 0 Å². The van der Waals surface area contributed by atoms with Crippen molar-refractivity contribution >= 4 is 29.7 Å². The summed E-state index contributed by atoms with van der Waals surface area (Å²) in [5, 5.41) is 6.18. The van der Waals surface area contributed by atoms with Crippen LogP contribution in [0, 0.1) is 5.41 Å². The number of carbonyl (C=O) groups excluding carboxylic acids is 3. The smallest absolute Gasteiger partial charge is 0.411 e. The summed E-state index contributed by atoms with van der Waals surface area (Å²) in [5.74, 6) is 0.0493. The van der Waals surface area contributed by atoms with E-state index in [0.29, 0.717) is 31.2 Å². The second-order valence-corrected chi connectivity index (χ2v) is 11.9. The Morgan fingerprint density at radius 1 is 1.15 bits per heavy atom. The van der Waals surface area contributed by atoms with E-state index in [0.717, 1.165) is 61.0 Å². The van der Waals surface area contributed by atoms with Gasteiger partial charge in [-0.05, 0) is 87.5 Å². The Morgan fingerprint density at radius 3 is 2.73 bits per heavy atom. The third kappa shape index (κ3) is 6.45. The first-order chi connectivity index (χ1) is 19.8. The number of hydrogen-bond donors (Lipinski definition) is 2. The second-order valence-electron chi connectivity index (χ2n) is 11.9. The van der Waals surface area contributed by atoms with E-state index in [4.69, 9.17) is 9.72 Å². The van der Waals surface area contributed by atoms with Crippen molar-refractivity contribution in [2.75, 3.05) is 44.4 Å². The number of pyridine rings is 1. The predicted octanol–water partition coefficient (Wildman–Crippen LogP) is 5.41. The largest absolute Gasteiger partial charge is 0.453 e. The van der Waals surface area contributed by atoms with Crippen LogP contribution in [0.2, 0.25) is 0 Å². The van der Waals surface area contributed by atoms with Gasteiger partial charge in [-0.3, -0.25) is 20.0 Å². The molecule has 4 heterocycles. The van der Waals surface area contributed by atoms with Crippen LogP contribution in [0.4, 0.5) is 16.2 Å². The lowest BCUT2D eigenvalue weighted by Crippen LogP contribution is -2.43. The average Bonchev–Trinajstić information content (AvgIpc) is 2.98. The Bertz CT molecular complexity index is 1330. The van der Waals surface area contributed by atoms with Crippen molar-refractivity contribution in [3.05, 3.63) is 53.9 Å². The van der Waals surface area contributed by atoms with Crippen molar-refractivity contribution in [2.24, 2.45) is 5.41 Å². The van der Waals surface area contributed by atoms with Gasteiger partial charge in [-0.25, -0.2) is 4.79 Å². The minimum Gasteiger partial charge on any atom is -0.453 e. The highest BCUT2D eigenvalue weighted by atomic mass is 16.5. The molecule has 2 aromatic rings. The summed E-state index contributed by atoms with van der Waals surface area (Å²) in [4.78, 5) is 46.9. The molecule has 0 aliphatic carbocycles. The summed E-state index contributed by atoms with van der Waals surface area (Å²) in [5.41, 5.74) is 4.74. The number of rotatable bonds is 4. The van der Waals surface area contributed by atoms with Crippen LogP contribution in [0.1, 0.15) is 63.6 Å². The summed E-state index contributed by atoms with van der Waals surface area (Å²) < 4.78 is 4.76. The maximum absolute atomic E-state index is 13.6. The number of fused-ring (bicyclic) bond motifs is 4. The number of likely N-dealkylation sites (N-methyl/N-ethyl adjacent to an activating group) is 1. The first kappa shape index (κ1) is 28.8. The van der Waals surface area contributed by atoms with Crippen molar-refractivity contribution in [3.8, 4) is 11.1 Å². The molecule has 3 aliphatic heterocycles. The molecule has 3 aliphatic rings. The number of amides is 2.